The van der Waals surface area contributed by atoms with Crippen molar-refractivity contribution in [2.45, 2.75) is 44.8 Å². The standard InChI is InChI=1S/C33H35Cl2N3O5/c1-23-7-11-27(12-8-23)38-22-32(19-30(40)41,21-37(31(38)42)20-24-9-10-26(34)17-28(24)35)18-29(39)36-15-13-33(43,14-16-36)25-5-3-2-4-6-25/h2-12,17,43H,13-16,18-22H2,1H3,(H,40,41). The number of anilines is 1. The number of aryl methyl sites for hydroxylation is 1. The maximum atomic E-state index is 13.9. The van der Waals surface area contributed by atoms with Crippen LogP contribution in [0, 0.1) is 12.3 Å². The summed E-state index contributed by atoms with van der Waals surface area (Å²) in [6, 6.07) is 21.6. The minimum Gasteiger partial charge on any atom is -0.481 e. The predicted octanol–water partition coefficient (Wildman–Crippen LogP) is 6.11. The van der Waals surface area contributed by atoms with E-state index in [1.807, 2.05) is 61.5 Å². The summed E-state index contributed by atoms with van der Waals surface area (Å²) >= 11 is 12.6. The number of likely N-dealkylation sites (tertiary alicyclic amines) is 1. The lowest BCUT2D eigenvalue weighted by atomic mass is 9.77. The molecule has 3 aromatic carbocycles. The van der Waals surface area contributed by atoms with Gasteiger partial charge in [-0.25, -0.2) is 4.79 Å². The second-order valence-corrected chi connectivity index (χ2v) is 12.7. The van der Waals surface area contributed by atoms with Crippen LogP contribution in [0.1, 0.15) is 42.4 Å². The molecular formula is C33H35Cl2N3O5. The van der Waals surface area contributed by atoms with Crippen LogP contribution in [0.25, 0.3) is 0 Å². The molecular weight excluding hydrogens is 589 g/mol. The lowest BCUT2D eigenvalue weighted by molar-refractivity contribution is -0.143. The molecule has 3 amide bonds. The van der Waals surface area contributed by atoms with E-state index in [1.54, 1.807) is 32.9 Å². The Morgan fingerprint density at radius 2 is 1.58 bits per heavy atom. The highest BCUT2D eigenvalue weighted by Gasteiger charge is 2.47. The Morgan fingerprint density at radius 3 is 2.21 bits per heavy atom. The Morgan fingerprint density at radius 1 is 0.907 bits per heavy atom. The lowest BCUT2D eigenvalue weighted by Gasteiger charge is -2.48. The van der Waals surface area contributed by atoms with Crippen LogP contribution in [0.5, 0.6) is 0 Å². The fraction of sp³-hybridized carbons (Fsp3) is 0.364. The summed E-state index contributed by atoms with van der Waals surface area (Å²) in [7, 11) is 0. The zero-order valence-electron chi connectivity index (χ0n) is 24.0. The highest BCUT2D eigenvalue weighted by atomic mass is 35.5. The number of hydrogen-bond donors (Lipinski definition) is 2. The molecule has 0 spiro atoms. The largest absolute Gasteiger partial charge is 0.481 e. The zero-order chi connectivity index (χ0) is 30.8. The van der Waals surface area contributed by atoms with E-state index in [1.165, 1.54) is 0 Å². The molecule has 5 rings (SSSR count). The van der Waals surface area contributed by atoms with Gasteiger partial charge in [0.1, 0.15) is 0 Å². The highest BCUT2D eigenvalue weighted by molar-refractivity contribution is 6.35. The Labute approximate surface area is 261 Å². The average molecular weight is 625 g/mol. The zero-order valence-corrected chi connectivity index (χ0v) is 25.5. The van der Waals surface area contributed by atoms with Gasteiger partial charge in [-0.15, -0.1) is 0 Å². The van der Waals surface area contributed by atoms with E-state index in [9.17, 15) is 24.6 Å². The summed E-state index contributed by atoms with van der Waals surface area (Å²) in [4.78, 5) is 44.8. The number of carbonyl (C=O) groups is 3. The normalized spacial score (nSPS) is 20.3. The van der Waals surface area contributed by atoms with Crippen LogP contribution in [0.15, 0.2) is 72.8 Å². The molecule has 1 unspecified atom stereocenters. The van der Waals surface area contributed by atoms with Gasteiger partial charge in [0.2, 0.25) is 5.91 Å². The number of halogens is 2. The molecule has 2 aliphatic heterocycles. The van der Waals surface area contributed by atoms with Crippen LogP contribution in [-0.2, 0) is 21.7 Å². The van der Waals surface area contributed by atoms with Crippen LogP contribution in [0.2, 0.25) is 10.0 Å². The monoisotopic (exact) mass is 623 g/mol. The van der Waals surface area contributed by atoms with Crippen LogP contribution < -0.4 is 4.90 Å². The summed E-state index contributed by atoms with van der Waals surface area (Å²) in [5, 5.41) is 22.2. The van der Waals surface area contributed by atoms with Gasteiger partial charge in [-0.1, -0.05) is 77.3 Å². The Hall–Kier alpha value is -3.59. The van der Waals surface area contributed by atoms with Crippen molar-refractivity contribution in [3.05, 3.63) is 99.5 Å². The first kappa shape index (κ1) is 30.9. The maximum Gasteiger partial charge on any atom is 0.324 e. The quantitative estimate of drug-likeness (QED) is 0.315. The summed E-state index contributed by atoms with van der Waals surface area (Å²) in [6.45, 7) is 2.89. The van der Waals surface area contributed by atoms with Crippen LogP contribution in [0.4, 0.5) is 10.5 Å². The van der Waals surface area contributed by atoms with Crippen LogP contribution in [0.3, 0.4) is 0 Å². The Kier molecular flexibility index (Phi) is 9.02. The molecule has 226 valence electrons. The molecule has 0 aromatic heterocycles. The Balaban J connectivity index is 1.42. The molecule has 0 bridgehead atoms. The fourth-order valence-corrected chi connectivity index (χ4v) is 6.67. The molecule has 8 nitrogen and oxygen atoms in total. The summed E-state index contributed by atoms with van der Waals surface area (Å²) in [5.41, 5.74) is 1.03. The van der Waals surface area contributed by atoms with Gasteiger partial charge in [0.05, 0.1) is 12.0 Å². The molecule has 1 atom stereocenters. The number of benzene rings is 3. The maximum absolute atomic E-state index is 13.9. The number of piperidine rings is 1. The molecule has 2 fully saturated rings. The predicted molar refractivity (Wildman–Crippen MR) is 166 cm³/mol. The molecule has 0 saturated carbocycles. The topological polar surface area (TPSA) is 101 Å². The Bertz CT molecular complexity index is 1490. The second kappa shape index (κ2) is 12.6. The summed E-state index contributed by atoms with van der Waals surface area (Å²) in [6.07, 6.45) is 0.387. The number of urea groups is 1. The number of amides is 3. The van der Waals surface area contributed by atoms with Crippen molar-refractivity contribution >= 4 is 46.8 Å². The van der Waals surface area contributed by atoms with Gasteiger partial charge in [0.15, 0.2) is 0 Å². The SMILES string of the molecule is Cc1ccc(N2CC(CC(=O)O)(CC(=O)N3CCC(O)(c4ccccc4)CC3)CN(Cc3ccc(Cl)cc3Cl)C2=O)cc1. The van der Waals surface area contributed by atoms with Gasteiger partial charge < -0.3 is 20.0 Å². The first-order chi connectivity index (χ1) is 20.5. The van der Waals surface area contributed by atoms with Crippen molar-refractivity contribution in [1.29, 1.82) is 0 Å². The van der Waals surface area contributed by atoms with Crippen molar-refractivity contribution in [1.82, 2.24) is 9.80 Å². The fourth-order valence-electron chi connectivity index (χ4n) is 6.20. The first-order valence-electron chi connectivity index (χ1n) is 14.3. The molecule has 0 radical (unpaired) electrons. The third-order valence-electron chi connectivity index (χ3n) is 8.55. The van der Waals surface area contributed by atoms with Gasteiger partial charge in [0.25, 0.3) is 0 Å². The molecule has 0 aliphatic carbocycles. The van der Waals surface area contributed by atoms with Crippen molar-refractivity contribution in [2.75, 3.05) is 31.1 Å². The minimum atomic E-state index is -1.08. The van der Waals surface area contributed by atoms with Crippen molar-refractivity contribution in [3.63, 3.8) is 0 Å². The molecule has 2 aliphatic rings. The molecule has 10 heteroatoms. The minimum absolute atomic E-state index is 0.0625. The molecule has 2 N–H and O–H groups in total. The van der Waals surface area contributed by atoms with Crippen molar-refractivity contribution in [2.24, 2.45) is 5.41 Å². The third-order valence-corrected chi connectivity index (χ3v) is 9.14. The molecule has 3 aromatic rings. The van der Waals surface area contributed by atoms with Gasteiger partial charge in [-0.2, -0.15) is 0 Å². The van der Waals surface area contributed by atoms with E-state index in [4.69, 9.17) is 23.2 Å². The number of hydrogen-bond acceptors (Lipinski definition) is 4. The molecule has 2 saturated heterocycles. The first-order valence-corrected chi connectivity index (χ1v) is 15.1. The van der Waals surface area contributed by atoms with E-state index in [0.29, 0.717) is 47.2 Å². The number of rotatable bonds is 8. The van der Waals surface area contributed by atoms with Gasteiger partial charge >= 0.3 is 12.0 Å². The number of nitrogens with zero attached hydrogens (tertiary/aromatic N) is 3. The van der Waals surface area contributed by atoms with Crippen molar-refractivity contribution < 1.29 is 24.6 Å². The van der Waals surface area contributed by atoms with E-state index in [-0.39, 0.29) is 44.4 Å². The van der Waals surface area contributed by atoms with Gasteiger partial charge in [-0.05, 0) is 55.2 Å². The lowest BCUT2D eigenvalue weighted by Crippen LogP contribution is -2.60. The van der Waals surface area contributed by atoms with Crippen LogP contribution >= 0.6 is 23.2 Å². The van der Waals surface area contributed by atoms with Gasteiger partial charge in [-0.3, -0.25) is 14.5 Å². The van der Waals surface area contributed by atoms with Crippen molar-refractivity contribution in [3.8, 4) is 0 Å². The van der Waals surface area contributed by atoms with E-state index >= 15 is 0 Å². The second-order valence-electron chi connectivity index (χ2n) is 11.8. The van der Waals surface area contributed by atoms with Gasteiger partial charge in [0, 0.05) is 60.3 Å². The van der Waals surface area contributed by atoms with E-state index < -0.39 is 17.0 Å². The number of aliphatic carboxylic acids is 1. The number of carboxylic acids is 1. The number of aliphatic hydroxyl groups is 1. The number of carbonyl (C=O) groups excluding carboxylic acids is 2. The summed E-state index contributed by atoms with van der Waals surface area (Å²) < 4.78 is 0. The third kappa shape index (κ3) is 6.98. The number of carboxylic acid groups (broad SMARTS) is 1. The smallest absolute Gasteiger partial charge is 0.324 e. The summed E-state index contributed by atoms with van der Waals surface area (Å²) in [5.74, 6) is -1.24. The average Bonchev–Trinajstić information content (AvgIpc) is 2.97. The van der Waals surface area contributed by atoms with E-state index in [2.05, 4.69) is 0 Å². The molecule has 2 heterocycles. The molecule has 43 heavy (non-hydrogen) atoms. The van der Waals surface area contributed by atoms with E-state index in [0.717, 1.165) is 11.1 Å². The highest BCUT2D eigenvalue weighted by Crippen LogP contribution is 2.39. The van der Waals surface area contributed by atoms with Crippen LogP contribution in [-0.4, -0.2) is 64.1 Å².